The SMILES string of the molecule is C.CCc1ccccc1.CCc1ccccc1.CN.C[N+](=O)[O-].C[N+](=O)[O-].ClCc1ccccc1.[H-].[K+]. The first-order valence-electron chi connectivity index (χ1n) is 10.7. The Hall–Kier alpha value is -1.65. The molecule has 0 aliphatic heterocycles. The molecule has 0 aliphatic rings. The van der Waals surface area contributed by atoms with E-state index in [1.165, 1.54) is 23.7 Å². The number of nitrogens with zero attached hydrogens (tertiary/aromatic N) is 2. The quantitative estimate of drug-likeness (QED) is 0.230. The number of rotatable bonds is 3. The van der Waals surface area contributed by atoms with Gasteiger partial charge in [-0.3, -0.25) is 20.2 Å². The average Bonchev–Trinajstić information content (AvgIpc) is 2.87. The molecule has 0 amide bonds. The fraction of sp³-hybridized carbons (Fsp3) is 0.333. The van der Waals surface area contributed by atoms with Crippen molar-refractivity contribution < 1.29 is 62.7 Å². The summed E-state index contributed by atoms with van der Waals surface area (Å²) in [5.74, 6) is 0.612. The monoisotopic (exact) mass is 547 g/mol. The molecule has 0 aliphatic carbocycles. The third-order valence-electron chi connectivity index (χ3n) is 3.50. The zero-order valence-electron chi connectivity index (χ0n) is 22.8. The molecule has 9 heteroatoms. The van der Waals surface area contributed by atoms with Crippen LogP contribution in [-0.4, -0.2) is 31.0 Å². The smallest absolute Gasteiger partial charge is 1.00 e. The van der Waals surface area contributed by atoms with Gasteiger partial charge >= 0.3 is 51.4 Å². The minimum Gasteiger partial charge on any atom is -1.00 e. The predicted molar refractivity (Wildman–Crippen MR) is 151 cm³/mol. The number of alkyl halides is 1. The molecule has 0 fully saturated rings. The molecular formula is C27H43ClKN3O4. The second-order valence-electron chi connectivity index (χ2n) is 6.18. The summed E-state index contributed by atoms with van der Waals surface area (Å²) in [4.78, 5) is 16.6. The summed E-state index contributed by atoms with van der Waals surface area (Å²) in [6, 6.07) is 30.9. The van der Waals surface area contributed by atoms with Crippen LogP contribution in [0.15, 0.2) is 91.0 Å². The maximum absolute atomic E-state index is 8.81. The Morgan fingerprint density at radius 2 is 0.861 bits per heavy atom. The molecule has 0 spiro atoms. The predicted octanol–water partition coefficient (Wildman–Crippen LogP) is 4.04. The van der Waals surface area contributed by atoms with Crippen molar-refractivity contribution in [2.45, 2.75) is 40.0 Å². The van der Waals surface area contributed by atoms with E-state index >= 15 is 0 Å². The summed E-state index contributed by atoms with van der Waals surface area (Å²) in [6.45, 7) is 4.32. The summed E-state index contributed by atoms with van der Waals surface area (Å²) in [5, 5.41) is 17.6. The number of halogens is 1. The van der Waals surface area contributed by atoms with E-state index in [1.54, 1.807) is 0 Å². The Bertz CT molecular complexity index is 721. The van der Waals surface area contributed by atoms with Gasteiger partial charge in [-0.1, -0.05) is 112 Å². The summed E-state index contributed by atoms with van der Waals surface area (Å²) < 4.78 is 0. The molecule has 0 unspecified atom stereocenters. The standard InChI is InChI=1S/2C8H10.C7H7Cl.2CH3NO2.CH5N.CH4.K.H/c2*1-2-8-6-4-3-5-7-8;8-6-7-4-2-1-3-5-7;2*1-2(3)4;1-2;;;/h2*3-7H,2H2,1H3;1-5H,6H2;2*1H3;2H2,1H3;1H4;;/q;;;;;;;+1;-1. The van der Waals surface area contributed by atoms with Gasteiger partial charge in [-0.15, -0.1) is 11.6 Å². The van der Waals surface area contributed by atoms with E-state index in [1.807, 2.05) is 42.5 Å². The van der Waals surface area contributed by atoms with Gasteiger partial charge < -0.3 is 7.16 Å². The van der Waals surface area contributed by atoms with Crippen molar-refractivity contribution >= 4 is 11.6 Å². The summed E-state index contributed by atoms with van der Waals surface area (Å²) in [6.07, 6.45) is 2.28. The molecule has 0 saturated carbocycles. The van der Waals surface area contributed by atoms with Crippen LogP contribution >= 0.6 is 11.6 Å². The van der Waals surface area contributed by atoms with Crippen molar-refractivity contribution in [1.82, 2.24) is 0 Å². The molecule has 0 bridgehead atoms. The largest absolute Gasteiger partial charge is 1.00 e. The van der Waals surface area contributed by atoms with Crippen molar-refractivity contribution in [3.05, 3.63) is 128 Å². The molecule has 3 aromatic carbocycles. The van der Waals surface area contributed by atoms with Crippen LogP contribution in [0.2, 0.25) is 0 Å². The second-order valence-corrected chi connectivity index (χ2v) is 6.44. The van der Waals surface area contributed by atoms with Gasteiger partial charge in [0.05, 0.1) is 0 Å². The molecule has 2 N–H and O–H groups in total. The third-order valence-corrected chi connectivity index (χ3v) is 3.81. The molecule has 0 saturated heterocycles. The van der Waals surface area contributed by atoms with Crippen LogP contribution in [0, 0.1) is 20.2 Å². The molecule has 36 heavy (non-hydrogen) atoms. The first-order chi connectivity index (χ1) is 16.3. The van der Waals surface area contributed by atoms with Gasteiger partial charge in [-0.05, 0) is 36.6 Å². The first kappa shape index (κ1) is 44.3. The minimum absolute atomic E-state index is 0. The molecule has 0 atom stereocenters. The van der Waals surface area contributed by atoms with Gasteiger partial charge in [-0.2, -0.15) is 0 Å². The summed E-state index contributed by atoms with van der Waals surface area (Å²) >= 11 is 5.53. The van der Waals surface area contributed by atoms with Gasteiger partial charge in [0.2, 0.25) is 0 Å². The van der Waals surface area contributed by atoms with Crippen molar-refractivity contribution in [3.63, 3.8) is 0 Å². The van der Waals surface area contributed by atoms with E-state index in [2.05, 4.69) is 68.1 Å². The molecule has 0 aromatic heterocycles. The zero-order chi connectivity index (χ0) is 26.6. The van der Waals surface area contributed by atoms with Gasteiger partial charge in [0.1, 0.15) is 0 Å². The second kappa shape index (κ2) is 35.5. The Morgan fingerprint density at radius 3 is 0.972 bits per heavy atom. The Balaban J connectivity index is -0.0000000804. The van der Waals surface area contributed by atoms with E-state index in [9.17, 15) is 0 Å². The Labute approximate surface area is 266 Å². The van der Waals surface area contributed by atoms with Crippen LogP contribution in [0.3, 0.4) is 0 Å². The molecule has 198 valence electrons. The maximum atomic E-state index is 8.81. The van der Waals surface area contributed by atoms with Crippen LogP contribution in [0.5, 0.6) is 0 Å². The molecule has 3 rings (SSSR count). The molecule has 0 radical (unpaired) electrons. The normalized spacial score (nSPS) is 7.64. The number of nitro groups is 2. The average molecular weight is 548 g/mol. The van der Waals surface area contributed by atoms with E-state index < -0.39 is 9.85 Å². The van der Waals surface area contributed by atoms with Crippen molar-refractivity contribution in [3.8, 4) is 0 Å². The van der Waals surface area contributed by atoms with Crippen LogP contribution in [-0.2, 0) is 18.7 Å². The van der Waals surface area contributed by atoms with E-state index in [0.717, 1.165) is 26.9 Å². The van der Waals surface area contributed by atoms with E-state index in [-0.39, 0.29) is 60.2 Å². The van der Waals surface area contributed by atoms with Crippen LogP contribution in [0.1, 0.15) is 39.4 Å². The van der Waals surface area contributed by atoms with Crippen molar-refractivity contribution in [2.75, 3.05) is 21.1 Å². The van der Waals surface area contributed by atoms with Crippen LogP contribution < -0.4 is 57.1 Å². The molecule has 3 aromatic rings. The van der Waals surface area contributed by atoms with Crippen LogP contribution in [0.4, 0.5) is 0 Å². The fourth-order valence-electron chi connectivity index (χ4n) is 1.99. The topological polar surface area (TPSA) is 112 Å². The van der Waals surface area contributed by atoms with Gasteiger partial charge in [-0.25, -0.2) is 0 Å². The van der Waals surface area contributed by atoms with Crippen molar-refractivity contribution in [2.24, 2.45) is 5.73 Å². The molecule has 7 nitrogen and oxygen atoms in total. The van der Waals surface area contributed by atoms with Gasteiger partial charge in [0.25, 0.3) is 0 Å². The number of nitrogens with two attached hydrogens (primary N) is 1. The van der Waals surface area contributed by atoms with Crippen LogP contribution in [0.25, 0.3) is 0 Å². The number of aryl methyl sites for hydroxylation is 2. The zero-order valence-corrected chi connectivity index (χ0v) is 25.6. The Morgan fingerprint density at radius 1 is 0.667 bits per heavy atom. The van der Waals surface area contributed by atoms with E-state index in [0.29, 0.717) is 5.88 Å². The Kier molecular flexibility index (Phi) is 43.7. The number of benzene rings is 3. The molecule has 0 heterocycles. The maximum Gasteiger partial charge on any atom is 1.00 e. The number of hydrogen-bond acceptors (Lipinski definition) is 5. The first-order valence-corrected chi connectivity index (χ1v) is 11.2. The molecular weight excluding hydrogens is 505 g/mol. The number of hydrogen-bond donors (Lipinski definition) is 1. The third kappa shape index (κ3) is 39.6. The van der Waals surface area contributed by atoms with Crippen molar-refractivity contribution in [1.29, 1.82) is 0 Å². The van der Waals surface area contributed by atoms with Gasteiger partial charge in [0.15, 0.2) is 14.1 Å². The van der Waals surface area contributed by atoms with E-state index in [4.69, 9.17) is 31.8 Å². The summed E-state index contributed by atoms with van der Waals surface area (Å²) in [5.41, 5.74) is 8.49. The minimum atomic E-state index is -0.500. The summed E-state index contributed by atoms with van der Waals surface area (Å²) in [7, 11) is 3.28. The fourth-order valence-corrected chi connectivity index (χ4v) is 2.17. The van der Waals surface area contributed by atoms with Gasteiger partial charge in [0, 0.05) is 15.7 Å².